The van der Waals surface area contributed by atoms with Crippen LogP contribution in [-0.4, -0.2) is 24.0 Å². The molecule has 3 rings (SSSR count). The smallest absolute Gasteiger partial charge is 0.240 e. The van der Waals surface area contributed by atoms with Crippen LogP contribution in [0.4, 0.5) is 5.13 Å². The number of nitrogens with one attached hydrogen (secondary N) is 2. The molecular weight excluding hydrogens is 314 g/mol. The van der Waals surface area contributed by atoms with Crippen LogP contribution in [0.3, 0.4) is 0 Å². The van der Waals surface area contributed by atoms with Crippen LogP contribution in [0.2, 0.25) is 0 Å². The minimum atomic E-state index is -0.0206. The maximum Gasteiger partial charge on any atom is 0.240 e. The Labute approximate surface area is 132 Å². The molecule has 0 radical (unpaired) electrons. The second-order valence-electron chi connectivity index (χ2n) is 4.64. The molecule has 2 aromatic rings. The van der Waals surface area contributed by atoms with Crippen LogP contribution in [0, 0.1) is 5.92 Å². The zero-order valence-electron chi connectivity index (χ0n) is 10.8. The first-order valence-corrected chi connectivity index (χ1v) is 8.07. The SMILES string of the molecule is Cl.O=C(CNCC1CC1)Nc1nc(-c2cccs2)cs1. The summed E-state index contributed by atoms with van der Waals surface area (Å²) in [5.41, 5.74) is 0.932. The number of anilines is 1. The molecule has 0 spiro atoms. The van der Waals surface area contributed by atoms with E-state index in [2.05, 4.69) is 15.6 Å². The summed E-state index contributed by atoms with van der Waals surface area (Å²) < 4.78 is 0. The maximum atomic E-state index is 11.7. The molecule has 0 saturated heterocycles. The molecule has 0 aromatic carbocycles. The molecule has 20 heavy (non-hydrogen) atoms. The molecule has 0 aliphatic heterocycles. The monoisotopic (exact) mass is 329 g/mol. The Morgan fingerprint density at radius 1 is 1.40 bits per heavy atom. The molecule has 2 heterocycles. The average Bonchev–Trinajstić information content (AvgIpc) is 2.91. The van der Waals surface area contributed by atoms with Gasteiger partial charge in [-0.1, -0.05) is 6.07 Å². The Balaban J connectivity index is 0.00000147. The first-order chi connectivity index (χ1) is 9.31. The van der Waals surface area contributed by atoms with Crippen LogP contribution in [0.15, 0.2) is 22.9 Å². The molecule has 2 N–H and O–H groups in total. The lowest BCUT2D eigenvalue weighted by atomic mass is 10.4. The zero-order chi connectivity index (χ0) is 13.1. The van der Waals surface area contributed by atoms with Gasteiger partial charge in [0.15, 0.2) is 5.13 Å². The summed E-state index contributed by atoms with van der Waals surface area (Å²) in [6.07, 6.45) is 2.59. The topological polar surface area (TPSA) is 54.0 Å². The van der Waals surface area contributed by atoms with Crippen molar-refractivity contribution in [1.82, 2.24) is 10.3 Å². The fraction of sp³-hybridized carbons (Fsp3) is 0.385. The Hall–Kier alpha value is -0.950. The predicted octanol–water partition coefficient (Wildman–Crippen LogP) is 3.23. The first-order valence-electron chi connectivity index (χ1n) is 6.31. The number of rotatable bonds is 6. The van der Waals surface area contributed by atoms with Crippen molar-refractivity contribution >= 4 is 46.1 Å². The normalized spacial score (nSPS) is 13.8. The number of halogens is 1. The van der Waals surface area contributed by atoms with E-state index in [-0.39, 0.29) is 18.3 Å². The number of carbonyl (C=O) groups is 1. The molecule has 1 fully saturated rings. The number of aromatic nitrogens is 1. The van der Waals surface area contributed by atoms with E-state index in [0.717, 1.165) is 23.0 Å². The lowest BCUT2D eigenvalue weighted by Gasteiger charge is -2.03. The molecule has 1 aliphatic carbocycles. The van der Waals surface area contributed by atoms with Gasteiger partial charge >= 0.3 is 0 Å². The van der Waals surface area contributed by atoms with Crippen molar-refractivity contribution < 1.29 is 4.79 Å². The minimum absolute atomic E-state index is 0. The zero-order valence-corrected chi connectivity index (χ0v) is 13.2. The number of amides is 1. The number of hydrogen-bond acceptors (Lipinski definition) is 5. The van der Waals surface area contributed by atoms with Crippen LogP contribution < -0.4 is 10.6 Å². The van der Waals surface area contributed by atoms with Crippen molar-refractivity contribution in [1.29, 1.82) is 0 Å². The molecule has 4 nitrogen and oxygen atoms in total. The highest BCUT2D eigenvalue weighted by Crippen LogP contribution is 2.28. The van der Waals surface area contributed by atoms with E-state index in [9.17, 15) is 4.79 Å². The lowest BCUT2D eigenvalue weighted by molar-refractivity contribution is -0.115. The second kappa shape index (κ2) is 7.17. The summed E-state index contributed by atoms with van der Waals surface area (Å²) in [7, 11) is 0. The van der Waals surface area contributed by atoms with Gasteiger partial charge in [0.2, 0.25) is 5.91 Å². The molecule has 7 heteroatoms. The van der Waals surface area contributed by atoms with E-state index < -0.39 is 0 Å². The summed E-state index contributed by atoms with van der Waals surface area (Å²) >= 11 is 3.12. The van der Waals surface area contributed by atoms with Crippen LogP contribution in [-0.2, 0) is 4.79 Å². The second-order valence-corrected chi connectivity index (χ2v) is 6.44. The molecule has 1 aliphatic rings. The van der Waals surface area contributed by atoms with Crippen LogP contribution in [0.25, 0.3) is 10.6 Å². The number of nitrogens with zero attached hydrogens (tertiary/aromatic N) is 1. The molecule has 0 bridgehead atoms. The van der Waals surface area contributed by atoms with E-state index in [4.69, 9.17) is 0 Å². The van der Waals surface area contributed by atoms with E-state index in [1.807, 2.05) is 22.9 Å². The highest BCUT2D eigenvalue weighted by molar-refractivity contribution is 7.16. The van der Waals surface area contributed by atoms with Crippen molar-refractivity contribution in [2.24, 2.45) is 5.92 Å². The Morgan fingerprint density at radius 2 is 2.25 bits per heavy atom. The fourth-order valence-corrected chi connectivity index (χ4v) is 3.23. The standard InChI is InChI=1S/C13H15N3OS2.ClH/c17-12(7-14-6-9-3-4-9)16-13-15-10(8-19-13)11-2-1-5-18-11;/h1-2,5,8-9,14H,3-4,6-7H2,(H,15,16,17);1H. The van der Waals surface area contributed by atoms with Crippen molar-refractivity contribution in [2.45, 2.75) is 12.8 Å². The number of carbonyl (C=O) groups excluding carboxylic acids is 1. The molecule has 0 atom stereocenters. The Morgan fingerprint density at radius 3 is 2.95 bits per heavy atom. The summed E-state index contributed by atoms with van der Waals surface area (Å²) in [5, 5.41) is 10.7. The molecule has 2 aromatic heterocycles. The molecule has 108 valence electrons. The highest BCUT2D eigenvalue weighted by Gasteiger charge is 2.20. The molecular formula is C13H16ClN3OS2. The lowest BCUT2D eigenvalue weighted by Crippen LogP contribution is -2.29. The highest BCUT2D eigenvalue weighted by atomic mass is 35.5. The van der Waals surface area contributed by atoms with Crippen LogP contribution in [0.1, 0.15) is 12.8 Å². The summed E-state index contributed by atoms with van der Waals surface area (Å²) in [5.74, 6) is 0.769. The third-order valence-corrected chi connectivity index (χ3v) is 4.59. The third-order valence-electron chi connectivity index (χ3n) is 2.94. The van der Waals surface area contributed by atoms with Crippen LogP contribution >= 0.6 is 35.1 Å². The van der Waals surface area contributed by atoms with Gasteiger partial charge in [-0.3, -0.25) is 4.79 Å². The summed E-state index contributed by atoms with van der Waals surface area (Å²) in [4.78, 5) is 17.3. The number of thiophene rings is 1. The Bertz CT molecular complexity index is 552. The average molecular weight is 330 g/mol. The van der Waals surface area contributed by atoms with Gasteiger partial charge in [0.25, 0.3) is 0 Å². The molecule has 0 unspecified atom stereocenters. The van der Waals surface area contributed by atoms with E-state index >= 15 is 0 Å². The van der Waals surface area contributed by atoms with Gasteiger partial charge in [-0.05, 0) is 36.8 Å². The largest absolute Gasteiger partial charge is 0.308 e. The summed E-state index contributed by atoms with van der Waals surface area (Å²) in [6.45, 7) is 1.32. The predicted molar refractivity (Wildman–Crippen MR) is 86.9 cm³/mol. The van der Waals surface area contributed by atoms with Crippen molar-refractivity contribution in [3.05, 3.63) is 22.9 Å². The van der Waals surface area contributed by atoms with E-state index in [1.165, 1.54) is 24.2 Å². The van der Waals surface area contributed by atoms with Gasteiger partial charge in [-0.15, -0.1) is 35.1 Å². The molecule has 1 saturated carbocycles. The van der Waals surface area contributed by atoms with Crippen molar-refractivity contribution in [3.8, 4) is 10.6 Å². The molecule has 1 amide bonds. The van der Waals surface area contributed by atoms with Crippen LogP contribution in [0.5, 0.6) is 0 Å². The van der Waals surface area contributed by atoms with Gasteiger partial charge in [0.1, 0.15) is 0 Å². The number of hydrogen-bond donors (Lipinski definition) is 2. The number of thiazole rings is 1. The van der Waals surface area contributed by atoms with E-state index in [1.54, 1.807) is 11.3 Å². The van der Waals surface area contributed by atoms with Crippen molar-refractivity contribution in [2.75, 3.05) is 18.4 Å². The summed E-state index contributed by atoms with van der Waals surface area (Å²) in [6, 6.07) is 4.03. The first kappa shape index (κ1) is 15.4. The fourth-order valence-electron chi connectivity index (χ4n) is 1.74. The third kappa shape index (κ3) is 4.28. The van der Waals surface area contributed by atoms with Gasteiger partial charge in [-0.2, -0.15) is 0 Å². The van der Waals surface area contributed by atoms with Gasteiger partial charge in [0.05, 0.1) is 17.1 Å². The van der Waals surface area contributed by atoms with Gasteiger partial charge < -0.3 is 10.6 Å². The van der Waals surface area contributed by atoms with Gasteiger partial charge in [0, 0.05) is 5.38 Å². The maximum absolute atomic E-state index is 11.7. The Kier molecular flexibility index (Phi) is 5.54. The van der Waals surface area contributed by atoms with E-state index in [0.29, 0.717) is 11.7 Å². The van der Waals surface area contributed by atoms with Crippen molar-refractivity contribution in [3.63, 3.8) is 0 Å². The minimum Gasteiger partial charge on any atom is -0.308 e. The van der Waals surface area contributed by atoms with Gasteiger partial charge in [-0.25, -0.2) is 4.98 Å². The quantitative estimate of drug-likeness (QED) is 0.855.